The van der Waals surface area contributed by atoms with Crippen molar-refractivity contribution >= 4 is 16.7 Å². The standard InChI is InChI=1S/C21H24N6O/c1-15(20-22-23-24-27(20)17-9-10-17)25-11-13-26(14-12-25)21(28)19-8-4-6-16-5-2-3-7-18(16)19/h2-8,15,17H,9-14H2,1H3. The van der Waals surface area contributed by atoms with Gasteiger partial charge in [-0.05, 0) is 47.0 Å². The molecule has 3 aromatic rings. The number of hydrogen-bond donors (Lipinski definition) is 0. The molecule has 1 aliphatic heterocycles. The Morgan fingerprint density at radius 3 is 2.57 bits per heavy atom. The van der Waals surface area contributed by atoms with Crippen LogP contribution in [0.2, 0.25) is 0 Å². The average Bonchev–Trinajstić information content (AvgIpc) is 3.48. The smallest absolute Gasteiger partial charge is 0.254 e. The van der Waals surface area contributed by atoms with E-state index in [2.05, 4.69) is 39.5 Å². The molecule has 0 N–H and O–H groups in total. The molecule has 1 saturated carbocycles. The molecule has 2 fully saturated rings. The SMILES string of the molecule is CC(c1nnnn1C1CC1)N1CCN(C(=O)c2cccc3ccccc23)CC1. The van der Waals surface area contributed by atoms with Gasteiger partial charge in [0, 0.05) is 31.7 Å². The van der Waals surface area contributed by atoms with Gasteiger partial charge in [0.25, 0.3) is 5.91 Å². The van der Waals surface area contributed by atoms with Gasteiger partial charge in [0.2, 0.25) is 0 Å². The summed E-state index contributed by atoms with van der Waals surface area (Å²) in [5.74, 6) is 1.06. The molecular formula is C21H24N6O. The molecule has 1 atom stereocenters. The summed E-state index contributed by atoms with van der Waals surface area (Å²) in [5.41, 5.74) is 0.789. The maximum Gasteiger partial charge on any atom is 0.254 e. The van der Waals surface area contributed by atoms with E-state index < -0.39 is 0 Å². The van der Waals surface area contributed by atoms with Gasteiger partial charge in [-0.25, -0.2) is 4.68 Å². The van der Waals surface area contributed by atoms with E-state index in [9.17, 15) is 4.79 Å². The van der Waals surface area contributed by atoms with Gasteiger partial charge < -0.3 is 4.90 Å². The zero-order valence-corrected chi connectivity index (χ0v) is 16.0. The predicted molar refractivity (Wildman–Crippen MR) is 106 cm³/mol. The Morgan fingerprint density at radius 2 is 1.79 bits per heavy atom. The molecule has 7 heteroatoms. The molecule has 1 aromatic heterocycles. The first-order chi connectivity index (χ1) is 13.7. The minimum absolute atomic E-state index is 0.118. The molecule has 0 bridgehead atoms. The summed E-state index contributed by atoms with van der Waals surface area (Å²) < 4.78 is 1.98. The maximum atomic E-state index is 13.1. The van der Waals surface area contributed by atoms with Crippen LogP contribution in [0.15, 0.2) is 42.5 Å². The summed E-state index contributed by atoms with van der Waals surface area (Å²) in [6, 6.07) is 14.7. The number of benzene rings is 2. The highest BCUT2D eigenvalue weighted by atomic mass is 16.2. The summed E-state index contributed by atoms with van der Waals surface area (Å²) in [5, 5.41) is 14.4. The van der Waals surface area contributed by atoms with E-state index in [1.54, 1.807) is 0 Å². The van der Waals surface area contributed by atoms with Crippen molar-refractivity contribution in [1.82, 2.24) is 30.0 Å². The van der Waals surface area contributed by atoms with Crippen LogP contribution in [0.1, 0.15) is 48.0 Å². The molecule has 7 nitrogen and oxygen atoms in total. The van der Waals surface area contributed by atoms with Crippen LogP contribution in [-0.4, -0.2) is 62.1 Å². The average molecular weight is 376 g/mol. The molecule has 1 unspecified atom stereocenters. The lowest BCUT2D eigenvalue weighted by molar-refractivity contribution is 0.0573. The molecular weight excluding hydrogens is 352 g/mol. The number of aromatic nitrogens is 4. The first kappa shape index (κ1) is 17.3. The third-order valence-corrected chi connectivity index (χ3v) is 5.95. The molecule has 2 heterocycles. The second-order valence-electron chi connectivity index (χ2n) is 7.74. The number of tetrazole rings is 1. The highest BCUT2D eigenvalue weighted by Crippen LogP contribution is 2.36. The van der Waals surface area contributed by atoms with Gasteiger partial charge in [0.15, 0.2) is 5.82 Å². The third kappa shape index (κ3) is 3.05. The zero-order valence-electron chi connectivity index (χ0n) is 16.0. The van der Waals surface area contributed by atoms with Crippen LogP contribution in [-0.2, 0) is 0 Å². The van der Waals surface area contributed by atoms with Gasteiger partial charge in [-0.15, -0.1) is 5.10 Å². The van der Waals surface area contributed by atoms with Crippen molar-refractivity contribution in [1.29, 1.82) is 0 Å². The van der Waals surface area contributed by atoms with Crippen LogP contribution < -0.4 is 0 Å². The number of hydrogen-bond acceptors (Lipinski definition) is 5. The van der Waals surface area contributed by atoms with E-state index in [0.717, 1.165) is 61.2 Å². The number of nitrogens with zero attached hydrogens (tertiary/aromatic N) is 6. The van der Waals surface area contributed by atoms with Gasteiger partial charge in [-0.3, -0.25) is 9.69 Å². The minimum Gasteiger partial charge on any atom is -0.336 e. The number of amides is 1. The van der Waals surface area contributed by atoms with E-state index in [1.165, 1.54) is 0 Å². The lowest BCUT2D eigenvalue weighted by Crippen LogP contribution is -2.49. The minimum atomic E-state index is 0.118. The Kier molecular flexibility index (Phi) is 4.31. The van der Waals surface area contributed by atoms with Crippen LogP contribution >= 0.6 is 0 Å². The van der Waals surface area contributed by atoms with Crippen molar-refractivity contribution in [2.24, 2.45) is 0 Å². The second kappa shape index (κ2) is 6.98. The summed E-state index contributed by atoms with van der Waals surface area (Å²) in [6.45, 7) is 5.26. The van der Waals surface area contributed by atoms with Gasteiger partial charge in [-0.2, -0.15) is 0 Å². The molecule has 1 aliphatic carbocycles. The third-order valence-electron chi connectivity index (χ3n) is 5.95. The topological polar surface area (TPSA) is 67.2 Å². The van der Waals surface area contributed by atoms with Crippen molar-refractivity contribution in [3.8, 4) is 0 Å². The van der Waals surface area contributed by atoms with Crippen molar-refractivity contribution in [3.63, 3.8) is 0 Å². The molecule has 1 saturated heterocycles. The Morgan fingerprint density at radius 1 is 1.04 bits per heavy atom. The van der Waals surface area contributed by atoms with Crippen LogP contribution in [0.25, 0.3) is 10.8 Å². The van der Waals surface area contributed by atoms with Crippen LogP contribution in [0.4, 0.5) is 0 Å². The number of rotatable bonds is 4. The first-order valence-electron chi connectivity index (χ1n) is 10.0. The Balaban J connectivity index is 1.29. The van der Waals surface area contributed by atoms with Crippen molar-refractivity contribution < 1.29 is 4.79 Å². The summed E-state index contributed by atoms with van der Waals surface area (Å²) in [7, 11) is 0. The normalized spacial score (nSPS) is 19.1. The highest BCUT2D eigenvalue weighted by molar-refractivity contribution is 6.07. The summed E-state index contributed by atoms with van der Waals surface area (Å²) in [6.07, 6.45) is 2.33. The second-order valence-corrected chi connectivity index (χ2v) is 7.74. The zero-order chi connectivity index (χ0) is 19.1. The Bertz CT molecular complexity index is 998. The lowest BCUT2D eigenvalue weighted by Gasteiger charge is -2.37. The van der Waals surface area contributed by atoms with E-state index in [4.69, 9.17) is 0 Å². The highest BCUT2D eigenvalue weighted by Gasteiger charge is 2.33. The molecule has 0 radical (unpaired) electrons. The van der Waals surface area contributed by atoms with Gasteiger partial charge in [-0.1, -0.05) is 36.4 Å². The summed E-state index contributed by atoms with van der Waals surface area (Å²) in [4.78, 5) is 17.5. The fraction of sp³-hybridized carbons (Fsp3) is 0.429. The first-order valence-corrected chi connectivity index (χ1v) is 10.0. The molecule has 0 spiro atoms. The largest absolute Gasteiger partial charge is 0.336 e. The molecule has 2 aliphatic rings. The van der Waals surface area contributed by atoms with Gasteiger partial charge in [0.1, 0.15) is 0 Å². The Labute approximate surface area is 163 Å². The van der Waals surface area contributed by atoms with E-state index in [1.807, 2.05) is 39.9 Å². The Hall–Kier alpha value is -2.80. The van der Waals surface area contributed by atoms with Crippen molar-refractivity contribution in [3.05, 3.63) is 53.9 Å². The van der Waals surface area contributed by atoms with E-state index in [-0.39, 0.29) is 11.9 Å². The predicted octanol–water partition coefficient (Wildman–Crippen LogP) is 2.68. The molecule has 28 heavy (non-hydrogen) atoms. The van der Waals surface area contributed by atoms with Crippen LogP contribution in [0, 0.1) is 0 Å². The number of piperazine rings is 1. The number of carbonyl (C=O) groups excluding carboxylic acids is 1. The van der Waals surface area contributed by atoms with Crippen molar-refractivity contribution in [2.45, 2.75) is 31.8 Å². The summed E-state index contributed by atoms with van der Waals surface area (Å²) >= 11 is 0. The number of fused-ring (bicyclic) bond motifs is 1. The lowest BCUT2D eigenvalue weighted by atomic mass is 10.0. The monoisotopic (exact) mass is 376 g/mol. The fourth-order valence-electron chi connectivity index (χ4n) is 4.11. The molecule has 144 valence electrons. The number of carbonyl (C=O) groups is 1. The van der Waals surface area contributed by atoms with Crippen LogP contribution in [0.5, 0.6) is 0 Å². The molecule has 5 rings (SSSR count). The maximum absolute atomic E-state index is 13.1. The molecule has 2 aromatic carbocycles. The van der Waals surface area contributed by atoms with Crippen LogP contribution in [0.3, 0.4) is 0 Å². The van der Waals surface area contributed by atoms with Gasteiger partial charge in [0.05, 0.1) is 12.1 Å². The van der Waals surface area contributed by atoms with Gasteiger partial charge >= 0.3 is 0 Å². The molecule has 1 amide bonds. The van der Waals surface area contributed by atoms with Crippen molar-refractivity contribution in [2.75, 3.05) is 26.2 Å². The van der Waals surface area contributed by atoms with E-state index >= 15 is 0 Å². The fourth-order valence-corrected chi connectivity index (χ4v) is 4.11. The van der Waals surface area contributed by atoms with E-state index in [0.29, 0.717) is 6.04 Å². The quantitative estimate of drug-likeness (QED) is 0.700.